The van der Waals surface area contributed by atoms with E-state index in [1.165, 1.54) is 29.0 Å². The highest BCUT2D eigenvalue weighted by Crippen LogP contribution is 2.21. The van der Waals surface area contributed by atoms with Gasteiger partial charge in [-0.3, -0.25) is 19.5 Å². The summed E-state index contributed by atoms with van der Waals surface area (Å²) in [7, 11) is 0. The number of allylic oxidation sites excluding steroid dienone is 1. The van der Waals surface area contributed by atoms with Gasteiger partial charge in [-0.2, -0.15) is 5.10 Å². The first-order chi connectivity index (χ1) is 13.0. The first-order valence-electron chi connectivity index (χ1n) is 7.88. The number of phenolic OH excluding ortho intramolecular Hbond substituents is 1. The van der Waals surface area contributed by atoms with Gasteiger partial charge in [-0.1, -0.05) is 18.2 Å². The van der Waals surface area contributed by atoms with Crippen molar-refractivity contribution in [2.75, 3.05) is 5.43 Å². The fourth-order valence-electron chi connectivity index (χ4n) is 2.47. The molecule has 0 saturated carbocycles. The lowest BCUT2D eigenvalue weighted by atomic mass is 10.2. The van der Waals surface area contributed by atoms with Crippen molar-refractivity contribution in [2.24, 2.45) is 5.10 Å². The molecule has 0 fully saturated rings. The van der Waals surface area contributed by atoms with Crippen molar-refractivity contribution < 1.29 is 10.0 Å². The van der Waals surface area contributed by atoms with Gasteiger partial charge in [0.15, 0.2) is 0 Å². The summed E-state index contributed by atoms with van der Waals surface area (Å²) in [5.41, 5.74) is 2.86. The van der Waals surface area contributed by atoms with Crippen LogP contribution >= 0.6 is 0 Å². The van der Waals surface area contributed by atoms with Crippen LogP contribution in [0.3, 0.4) is 0 Å². The number of nitrogens with zero attached hydrogens (tertiary/aromatic N) is 4. The summed E-state index contributed by atoms with van der Waals surface area (Å²) in [6.07, 6.45) is 2.76. The van der Waals surface area contributed by atoms with Crippen LogP contribution in [0.2, 0.25) is 0 Å². The fraction of sp³-hybridized carbons (Fsp3) is 0.0556. The number of para-hydroxylation sites is 1. The van der Waals surface area contributed by atoms with E-state index >= 15 is 0 Å². The van der Waals surface area contributed by atoms with Crippen LogP contribution in [0.4, 0.5) is 11.6 Å². The maximum absolute atomic E-state index is 12.6. The summed E-state index contributed by atoms with van der Waals surface area (Å²) in [4.78, 5) is 27.3. The van der Waals surface area contributed by atoms with Crippen LogP contribution in [-0.2, 0) is 6.54 Å². The van der Waals surface area contributed by atoms with Crippen LogP contribution in [-0.4, -0.2) is 25.8 Å². The van der Waals surface area contributed by atoms with E-state index in [4.69, 9.17) is 0 Å². The van der Waals surface area contributed by atoms with Gasteiger partial charge in [-0.25, -0.2) is 10.4 Å². The Kier molecular flexibility index (Phi) is 4.93. The molecule has 9 heteroatoms. The van der Waals surface area contributed by atoms with Crippen molar-refractivity contribution in [3.8, 4) is 5.75 Å². The number of fused-ring (bicyclic) bond motifs is 1. The van der Waals surface area contributed by atoms with E-state index in [1.807, 2.05) is 0 Å². The topological polar surface area (TPSA) is 123 Å². The van der Waals surface area contributed by atoms with Crippen molar-refractivity contribution in [1.82, 2.24) is 9.55 Å². The van der Waals surface area contributed by atoms with Crippen molar-refractivity contribution in [1.29, 1.82) is 0 Å². The van der Waals surface area contributed by atoms with Crippen molar-refractivity contribution in [3.63, 3.8) is 0 Å². The highest BCUT2D eigenvalue weighted by Gasteiger charge is 2.10. The standard InChI is InChI=1S/C18H15N5O4/c1-2-9-22-17(25)14-5-3-4-6-15(14)20-18(22)21-19-11-12-10-13(23(26)27)7-8-16(12)24/h2-8,10-11,24H,1,9H2,(H,20,21)/b19-11+. The molecule has 9 nitrogen and oxygen atoms in total. The molecule has 0 unspecified atom stereocenters. The molecule has 0 spiro atoms. The fourth-order valence-corrected chi connectivity index (χ4v) is 2.47. The summed E-state index contributed by atoms with van der Waals surface area (Å²) in [5.74, 6) is 0.0147. The molecule has 3 rings (SSSR count). The number of nitro benzene ring substituents is 1. The SMILES string of the molecule is C=CCn1c(N/N=C/c2cc([N+](=O)[O-])ccc2O)nc2ccccc2c1=O. The molecule has 0 amide bonds. The number of hydrogen-bond acceptors (Lipinski definition) is 7. The molecule has 1 heterocycles. The van der Waals surface area contributed by atoms with E-state index in [9.17, 15) is 20.0 Å². The van der Waals surface area contributed by atoms with Crippen LogP contribution in [0, 0.1) is 10.1 Å². The maximum Gasteiger partial charge on any atom is 0.270 e. The van der Waals surface area contributed by atoms with E-state index in [-0.39, 0.29) is 35.1 Å². The Balaban J connectivity index is 1.97. The van der Waals surface area contributed by atoms with E-state index in [1.54, 1.807) is 30.3 Å². The molecule has 0 aliphatic rings. The van der Waals surface area contributed by atoms with Crippen LogP contribution in [0.1, 0.15) is 5.56 Å². The monoisotopic (exact) mass is 365 g/mol. The third kappa shape index (κ3) is 3.66. The number of anilines is 1. The summed E-state index contributed by atoms with van der Waals surface area (Å²) in [6.45, 7) is 3.85. The lowest BCUT2D eigenvalue weighted by molar-refractivity contribution is -0.384. The Morgan fingerprint density at radius 3 is 2.85 bits per heavy atom. The first-order valence-corrected chi connectivity index (χ1v) is 7.88. The lowest BCUT2D eigenvalue weighted by Gasteiger charge is -2.10. The normalized spacial score (nSPS) is 11.0. The molecule has 3 aromatic rings. The minimum atomic E-state index is -0.573. The molecule has 0 aliphatic carbocycles. The number of aromatic hydroxyl groups is 1. The Hall–Kier alpha value is -4.01. The van der Waals surface area contributed by atoms with E-state index in [0.717, 1.165) is 0 Å². The Morgan fingerprint density at radius 2 is 2.11 bits per heavy atom. The molecular weight excluding hydrogens is 350 g/mol. The first kappa shape index (κ1) is 17.8. The third-order valence-corrected chi connectivity index (χ3v) is 3.76. The Labute approximate surface area is 153 Å². The zero-order valence-corrected chi connectivity index (χ0v) is 14.1. The summed E-state index contributed by atoms with van der Waals surface area (Å²) in [5, 5.41) is 25.1. The van der Waals surface area contributed by atoms with Crippen molar-refractivity contribution >= 4 is 28.8 Å². The van der Waals surface area contributed by atoms with Crippen molar-refractivity contribution in [3.05, 3.63) is 81.2 Å². The number of aromatic nitrogens is 2. The molecule has 0 saturated heterocycles. The largest absolute Gasteiger partial charge is 0.507 e. The number of rotatable bonds is 6. The second-order valence-corrected chi connectivity index (χ2v) is 5.53. The second-order valence-electron chi connectivity index (χ2n) is 5.53. The van der Waals surface area contributed by atoms with Gasteiger partial charge < -0.3 is 5.11 Å². The number of hydrogen-bond donors (Lipinski definition) is 2. The molecule has 0 bridgehead atoms. The summed E-state index contributed by atoms with van der Waals surface area (Å²) in [6, 6.07) is 10.5. The number of nitro groups is 1. The number of benzene rings is 2. The molecule has 1 aromatic heterocycles. The van der Waals surface area contributed by atoms with Gasteiger partial charge in [-0.15, -0.1) is 6.58 Å². The van der Waals surface area contributed by atoms with Crippen LogP contribution in [0.5, 0.6) is 5.75 Å². The third-order valence-electron chi connectivity index (χ3n) is 3.76. The average molecular weight is 365 g/mol. The molecule has 136 valence electrons. The van der Waals surface area contributed by atoms with Gasteiger partial charge in [0.05, 0.1) is 22.0 Å². The number of phenols is 1. The molecule has 27 heavy (non-hydrogen) atoms. The van der Waals surface area contributed by atoms with Gasteiger partial charge in [-0.05, 0) is 18.2 Å². The molecular formula is C18H15N5O4. The summed E-state index contributed by atoms with van der Waals surface area (Å²) >= 11 is 0. The predicted molar refractivity (Wildman–Crippen MR) is 102 cm³/mol. The van der Waals surface area contributed by atoms with Gasteiger partial charge in [0.2, 0.25) is 5.95 Å². The molecule has 0 atom stereocenters. The lowest BCUT2D eigenvalue weighted by Crippen LogP contribution is -2.23. The molecule has 2 N–H and O–H groups in total. The second kappa shape index (κ2) is 7.48. The molecule has 2 aromatic carbocycles. The summed E-state index contributed by atoms with van der Waals surface area (Å²) < 4.78 is 1.36. The highest BCUT2D eigenvalue weighted by molar-refractivity contribution is 5.85. The van der Waals surface area contributed by atoms with Crippen molar-refractivity contribution in [2.45, 2.75) is 6.54 Å². The van der Waals surface area contributed by atoms with Gasteiger partial charge in [0, 0.05) is 24.2 Å². The van der Waals surface area contributed by atoms with Crippen LogP contribution < -0.4 is 11.0 Å². The number of non-ortho nitro benzene ring substituents is 1. The number of nitrogens with one attached hydrogen (secondary N) is 1. The predicted octanol–water partition coefficient (Wildman–Crippen LogP) is 2.64. The maximum atomic E-state index is 12.6. The molecule has 0 radical (unpaired) electrons. The smallest absolute Gasteiger partial charge is 0.270 e. The minimum Gasteiger partial charge on any atom is -0.507 e. The van der Waals surface area contributed by atoms with Gasteiger partial charge in [0.1, 0.15) is 5.75 Å². The van der Waals surface area contributed by atoms with Gasteiger partial charge >= 0.3 is 0 Å². The number of hydrazone groups is 1. The van der Waals surface area contributed by atoms with Crippen LogP contribution in [0.15, 0.2) is 65.0 Å². The van der Waals surface area contributed by atoms with E-state index < -0.39 is 4.92 Å². The zero-order chi connectivity index (χ0) is 19.4. The quantitative estimate of drug-likeness (QED) is 0.300. The van der Waals surface area contributed by atoms with E-state index in [2.05, 4.69) is 22.1 Å². The van der Waals surface area contributed by atoms with E-state index in [0.29, 0.717) is 10.9 Å². The Morgan fingerprint density at radius 1 is 1.33 bits per heavy atom. The minimum absolute atomic E-state index is 0.148. The highest BCUT2D eigenvalue weighted by atomic mass is 16.6. The average Bonchev–Trinajstić information content (AvgIpc) is 2.66. The van der Waals surface area contributed by atoms with Crippen LogP contribution in [0.25, 0.3) is 10.9 Å². The Bertz CT molecular complexity index is 1120. The van der Waals surface area contributed by atoms with Gasteiger partial charge in [0.25, 0.3) is 11.2 Å². The zero-order valence-electron chi connectivity index (χ0n) is 14.1. The molecule has 0 aliphatic heterocycles.